The molecule has 2 aromatic heterocycles. The average Bonchev–Trinajstić information content (AvgIpc) is 3.71. The van der Waals surface area contributed by atoms with Gasteiger partial charge in [-0.25, -0.2) is 0 Å². The van der Waals surface area contributed by atoms with E-state index < -0.39 is 0 Å². The van der Waals surface area contributed by atoms with Gasteiger partial charge in [-0.05, 0) is 116 Å². The van der Waals surface area contributed by atoms with Gasteiger partial charge in [-0.15, -0.1) is 22.7 Å². The molecule has 0 N–H and O–H groups in total. The zero-order chi connectivity index (χ0) is 30.1. The molecule has 0 atom stereocenters. The molecule has 0 radical (unpaired) electrons. The molecule has 0 saturated carbocycles. The summed E-state index contributed by atoms with van der Waals surface area (Å²) in [5.41, 5.74) is 13.9. The quantitative estimate of drug-likeness (QED) is 0.173. The van der Waals surface area contributed by atoms with E-state index in [2.05, 4.69) is 139 Å². The molecule has 0 aliphatic heterocycles. The standard InChI is InChI=1S/C42H34S2/c1-23-14-20-34(43-23)25-16-17-26-29-18-19-31-37-28-11-8-7-10-27(28)36(35-21-15-24(2)44-35)30-12-9-13-32(38(30)37)41(3,4)40(31)39(29)42(5,6)33(26)22-25/h7-22H,1-6H3. The highest BCUT2D eigenvalue weighted by Gasteiger charge is 2.45. The maximum Gasteiger partial charge on any atom is 0.0358 e. The first-order valence-electron chi connectivity index (χ1n) is 15.6. The van der Waals surface area contributed by atoms with E-state index in [4.69, 9.17) is 0 Å². The zero-order valence-electron chi connectivity index (χ0n) is 26.1. The predicted molar refractivity (Wildman–Crippen MR) is 193 cm³/mol. The summed E-state index contributed by atoms with van der Waals surface area (Å²) < 4.78 is 0. The van der Waals surface area contributed by atoms with Crippen LogP contribution in [0.4, 0.5) is 0 Å². The van der Waals surface area contributed by atoms with Gasteiger partial charge in [-0.1, -0.05) is 94.4 Å². The SMILES string of the molecule is Cc1ccc(-c2ccc3c(c2)C(C)(C)c2c-3ccc3c2C(C)(C)c2cccc4c(-c5ccc(C)s5)c5ccccc5c-3c24)s1. The van der Waals surface area contributed by atoms with Gasteiger partial charge in [-0.2, -0.15) is 0 Å². The van der Waals surface area contributed by atoms with Gasteiger partial charge in [0.25, 0.3) is 0 Å². The second-order valence-electron chi connectivity index (χ2n) is 13.8. The van der Waals surface area contributed by atoms with Crippen LogP contribution in [0.1, 0.15) is 59.7 Å². The Kier molecular flexibility index (Phi) is 5.29. The second kappa shape index (κ2) is 8.81. The molecule has 7 aromatic rings. The van der Waals surface area contributed by atoms with Gasteiger partial charge in [0.1, 0.15) is 0 Å². The summed E-state index contributed by atoms with van der Waals surface area (Å²) in [6, 6.07) is 37.3. The zero-order valence-corrected chi connectivity index (χ0v) is 27.7. The van der Waals surface area contributed by atoms with Crippen LogP contribution in [0.2, 0.25) is 0 Å². The van der Waals surface area contributed by atoms with Gasteiger partial charge in [0.05, 0.1) is 0 Å². The summed E-state index contributed by atoms with van der Waals surface area (Å²) in [6.07, 6.45) is 0. The minimum absolute atomic E-state index is 0.120. The topological polar surface area (TPSA) is 0 Å². The molecular weight excluding hydrogens is 569 g/mol. The summed E-state index contributed by atoms with van der Waals surface area (Å²) in [6.45, 7) is 14.2. The number of thiophene rings is 2. The second-order valence-corrected chi connectivity index (χ2v) is 16.3. The maximum absolute atomic E-state index is 2.47. The molecular formula is C42H34S2. The van der Waals surface area contributed by atoms with Crippen LogP contribution in [0.5, 0.6) is 0 Å². The first-order chi connectivity index (χ1) is 21.2. The van der Waals surface area contributed by atoms with E-state index in [1.54, 1.807) is 0 Å². The first-order valence-corrected chi connectivity index (χ1v) is 17.2. The molecule has 2 aliphatic rings. The molecule has 0 unspecified atom stereocenters. The van der Waals surface area contributed by atoms with Crippen molar-refractivity contribution in [2.45, 2.75) is 52.4 Å². The maximum atomic E-state index is 2.47. The number of fused-ring (bicyclic) bond motifs is 8. The lowest BCUT2D eigenvalue weighted by atomic mass is 9.63. The Labute approximate surface area is 267 Å². The predicted octanol–water partition coefficient (Wildman–Crippen LogP) is 12.7. The molecule has 2 aliphatic carbocycles. The molecule has 2 heterocycles. The van der Waals surface area contributed by atoms with Crippen LogP contribution in [0.3, 0.4) is 0 Å². The van der Waals surface area contributed by atoms with E-state index in [1.165, 1.54) is 96.7 Å². The Morgan fingerprint density at radius 3 is 1.77 bits per heavy atom. The van der Waals surface area contributed by atoms with Crippen LogP contribution in [0, 0.1) is 13.8 Å². The van der Waals surface area contributed by atoms with Crippen LogP contribution < -0.4 is 0 Å². The molecule has 0 spiro atoms. The van der Waals surface area contributed by atoms with E-state index in [0.29, 0.717) is 0 Å². The van der Waals surface area contributed by atoms with Gasteiger partial charge in [-0.3, -0.25) is 0 Å². The van der Waals surface area contributed by atoms with Crippen molar-refractivity contribution in [2.24, 2.45) is 0 Å². The first kappa shape index (κ1) is 26.4. The third-order valence-corrected chi connectivity index (χ3v) is 12.5. The highest BCUT2D eigenvalue weighted by Crippen LogP contribution is 2.60. The molecule has 5 aromatic carbocycles. The molecule has 0 amide bonds. The van der Waals surface area contributed by atoms with Crippen molar-refractivity contribution in [1.29, 1.82) is 0 Å². The monoisotopic (exact) mass is 602 g/mol. The van der Waals surface area contributed by atoms with Gasteiger partial charge >= 0.3 is 0 Å². The smallest absolute Gasteiger partial charge is 0.0358 e. The minimum Gasteiger partial charge on any atom is -0.141 e. The van der Waals surface area contributed by atoms with Crippen LogP contribution in [-0.4, -0.2) is 0 Å². The normalized spacial score (nSPS) is 15.4. The summed E-state index contributed by atoms with van der Waals surface area (Å²) in [5.74, 6) is 0. The van der Waals surface area contributed by atoms with E-state index >= 15 is 0 Å². The van der Waals surface area contributed by atoms with Crippen LogP contribution >= 0.6 is 22.7 Å². The molecule has 0 nitrogen and oxygen atoms in total. The lowest BCUT2D eigenvalue weighted by Crippen LogP contribution is -2.29. The van der Waals surface area contributed by atoms with Crippen LogP contribution in [0.25, 0.3) is 64.7 Å². The molecule has 9 rings (SSSR count). The Morgan fingerprint density at radius 1 is 0.477 bits per heavy atom. The summed E-state index contributed by atoms with van der Waals surface area (Å²) >= 11 is 3.79. The van der Waals surface area contributed by atoms with Gasteiger partial charge in [0.15, 0.2) is 0 Å². The Morgan fingerprint density at radius 2 is 1.07 bits per heavy atom. The number of hydrogen-bond donors (Lipinski definition) is 0. The van der Waals surface area contributed by atoms with Crippen LogP contribution in [0.15, 0.2) is 97.1 Å². The van der Waals surface area contributed by atoms with Crippen molar-refractivity contribution in [3.63, 3.8) is 0 Å². The van der Waals surface area contributed by atoms with Crippen molar-refractivity contribution in [3.05, 3.63) is 129 Å². The van der Waals surface area contributed by atoms with Crippen molar-refractivity contribution in [3.8, 4) is 43.1 Å². The Bertz CT molecular complexity index is 2350. The summed E-state index contributed by atoms with van der Waals surface area (Å²) in [5, 5.41) is 5.50. The fourth-order valence-electron chi connectivity index (χ4n) is 8.51. The Hall–Kier alpha value is -3.98. The fraction of sp³-hybridized carbons (Fsp3) is 0.190. The average molecular weight is 603 g/mol. The van der Waals surface area contributed by atoms with E-state index in [0.717, 1.165) is 0 Å². The largest absolute Gasteiger partial charge is 0.141 e. The van der Waals surface area contributed by atoms with E-state index in [1.807, 2.05) is 22.7 Å². The van der Waals surface area contributed by atoms with Crippen molar-refractivity contribution < 1.29 is 0 Å². The lowest BCUT2D eigenvalue weighted by Gasteiger charge is -2.40. The minimum atomic E-state index is -0.161. The third kappa shape index (κ3) is 3.33. The highest BCUT2D eigenvalue weighted by atomic mass is 32.1. The molecule has 214 valence electrons. The molecule has 2 heteroatoms. The molecule has 0 saturated heterocycles. The van der Waals surface area contributed by atoms with E-state index in [9.17, 15) is 0 Å². The molecule has 0 bridgehead atoms. The van der Waals surface area contributed by atoms with Crippen LogP contribution in [-0.2, 0) is 10.8 Å². The lowest BCUT2D eigenvalue weighted by molar-refractivity contribution is 0.592. The van der Waals surface area contributed by atoms with Crippen molar-refractivity contribution in [2.75, 3.05) is 0 Å². The highest BCUT2D eigenvalue weighted by molar-refractivity contribution is 7.15. The third-order valence-electron chi connectivity index (χ3n) is 10.4. The molecule has 44 heavy (non-hydrogen) atoms. The number of rotatable bonds is 2. The van der Waals surface area contributed by atoms with E-state index in [-0.39, 0.29) is 10.8 Å². The van der Waals surface area contributed by atoms with Gasteiger partial charge in [0, 0.05) is 35.9 Å². The fourth-order valence-corrected chi connectivity index (χ4v) is 10.3. The number of hydrogen-bond acceptors (Lipinski definition) is 2. The summed E-state index contributed by atoms with van der Waals surface area (Å²) in [7, 11) is 0. The number of aryl methyl sites for hydroxylation is 2. The van der Waals surface area contributed by atoms with Crippen molar-refractivity contribution in [1.82, 2.24) is 0 Å². The van der Waals surface area contributed by atoms with Crippen molar-refractivity contribution >= 4 is 44.2 Å². The number of benzene rings is 5. The summed E-state index contributed by atoms with van der Waals surface area (Å²) in [4.78, 5) is 5.41. The Balaban J connectivity index is 1.38. The van der Waals surface area contributed by atoms with Gasteiger partial charge in [0.2, 0.25) is 0 Å². The molecule has 0 fully saturated rings. The van der Waals surface area contributed by atoms with Gasteiger partial charge < -0.3 is 0 Å².